The van der Waals surface area contributed by atoms with Crippen LogP contribution in [0.3, 0.4) is 0 Å². The van der Waals surface area contributed by atoms with Crippen molar-refractivity contribution in [2.75, 3.05) is 13.7 Å². The van der Waals surface area contributed by atoms with Crippen molar-refractivity contribution in [2.24, 2.45) is 0 Å². The Morgan fingerprint density at radius 1 is 1.06 bits per heavy atom. The zero-order valence-corrected chi connectivity index (χ0v) is 11.7. The van der Waals surface area contributed by atoms with Gasteiger partial charge in [-0.15, -0.1) is 12.4 Å². The summed E-state index contributed by atoms with van der Waals surface area (Å²) in [6.07, 6.45) is 5.28. The van der Waals surface area contributed by atoms with Crippen molar-refractivity contribution >= 4 is 12.4 Å². The molecule has 0 atom stereocenters. The van der Waals surface area contributed by atoms with Gasteiger partial charge in [0.05, 0.1) is 7.11 Å². The Bertz CT molecular complexity index is 274. The minimum absolute atomic E-state index is 0. The number of benzene rings is 1. The summed E-state index contributed by atoms with van der Waals surface area (Å²) in [6, 6.07) is 8.23. The van der Waals surface area contributed by atoms with Gasteiger partial charge in [-0.3, -0.25) is 0 Å². The Kier molecular flexibility index (Phi) is 9.98. The quantitative estimate of drug-likeness (QED) is 0.716. The Hall–Kier alpha value is -0.730. The van der Waals surface area contributed by atoms with Crippen LogP contribution in [0.25, 0.3) is 0 Å². The molecule has 17 heavy (non-hydrogen) atoms. The second-order valence-corrected chi connectivity index (χ2v) is 4.09. The highest BCUT2D eigenvalue weighted by Gasteiger charge is 1.94. The van der Waals surface area contributed by atoms with Crippen LogP contribution in [0.5, 0.6) is 5.75 Å². The zero-order chi connectivity index (χ0) is 11.6. The Balaban J connectivity index is 0.00000256. The smallest absolute Gasteiger partial charge is 0.118 e. The van der Waals surface area contributed by atoms with Crippen LogP contribution in [-0.2, 0) is 6.54 Å². The summed E-state index contributed by atoms with van der Waals surface area (Å²) in [5, 5.41) is 3.46. The van der Waals surface area contributed by atoms with E-state index in [2.05, 4.69) is 24.4 Å². The highest BCUT2D eigenvalue weighted by atomic mass is 35.5. The fraction of sp³-hybridized carbons (Fsp3) is 0.571. The molecule has 0 heterocycles. The fourth-order valence-electron chi connectivity index (χ4n) is 1.65. The molecule has 0 bridgehead atoms. The highest BCUT2D eigenvalue weighted by Crippen LogP contribution is 2.10. The number of halogens is 1. The number of ether oxygens (including phenoxy) is 1. The first-order valence-corrected chi connectivity index (χ1v) is 6.20. The van der Waals surface area contributed by atoms with Gasteiger partial charge in [0.15, 0.2) is 0 Å². The molecule has 1 N–H and O–H groups in total. The number of hydrogen-bond donors (Lipinski definition) is 1. The van der Waals surface area contributed by atoms with E-state index >= 15 is 0 Å². The Morgan fingerprint density at radius 2 is 1.76 bits per heavy atom. The average molecular weight is 258 g/mol. The lowest BCUT2D eigenvalue weighted by molar-refractivity contribution is 0.414. The molecule has 0 amide bonds. The summed E-state index contributed by atoms with van der Waals surface area (Å²) >= 11 is 0. The van der Waals surface area contributed by atoms with Gasteiger partial charge in [0.1, 0.15) is 5.75 Å². The predicted octanol–water partition coefficient (Wildman–Crippen LogP) is 3.79. The largest absolute Gasteiger partial charge is 0.497 e. The van der Waals surface area contributed by atoms with Gasteiger partial charge in [-0.1, -0.05) is 38.3 Å². The first-order chi connectivity index (χ1) is 7.86. The first-order valence-electron chi connectivity index (χ1n) is 6.20. The third kappa shape index (κ3) is 7.24. The Morgan fingerprint density at radius 3 is 2.35 bits per heavy atom. The van der Waals surface area contributed by atoms with E-state index < -0.39 is 0 Å². The van der Waals surface area contributed by atoms with E-state index in [1.54, 1.807) is 7.11 Å². The molecule has 0 unspecified atom stereocenters. The molecule has 0 saturated carbocycles. The highest BCUT2D eigenvalue weighted by molar-refractivity contribution is 5.85. The summed E-state index contributed by atoms with van der Waals surface area (Å²) in [7, 11) is 1.70. The minimum atomic E-state index is 0. The summed E-state index contributed by atoms with van der Waals surface area (Å²) < 4.78 is 5.12. The molecule has 0 aliphatic heterocycles. The molecular weight excluding hydrogens is 234 g/mol. The van der Waals surface area contributed by atoms with E-state index in [0.717, 1.165) is 18.8 Å². The van der Waals surface area contributed by atoms with Crippen molar-refractivity contribution < 1.29 is 4.74 Å². The first kappa shape index (κ1) is 16.3. The number of methoxy groups -OCH3 is 1. The van der Waals surface area contributed by atoms with Crippen LogP contribution >= 0.6 is 12.4 Å². The third-order valence-corrected chi connectivity index (χ3v) is 2.70. The van der Waals surface area contributed by atoms with Crippen LogP contribution < -0.4 is 10.1 Å². The minimum Gasteiger partial charge on any atom is -0.497 e. The van der Waals surface area contributed by atoms with Crippen LogP contribution in [0.15, 0.2) is 24.3 Å². The molecule has 0 saturated heterocycles. The molecule has 0 spiro atoms. The summed E-state index contributed by atoms with van der Waals surface area (Å²) in [4.78, 5) is 0. The molecule has 0 aliphatic carbocycles. The van der Waals surface area contributed by atoms with Gasteiger partial charge in [-0.2, -0.15) is 0 Å². The topological polar surface area (TPSA) is 21.3 Å². The van der Waals surface area contributed by atoms with Crippen LogP contribution in [0.2, 0.25) is 0 Å². The lowest BCUT2D eigenvalue weighted by atomic mass is 10.2. The molecule has 0 aromatic heterocycles. The van der Waals surface area contributed by atoms with Crippen molar-refractivity contribution in [3.05, 3.63) is 29.8 Å². The summed E-state index contributed by atoms with van der Waals surface area (Å²) in [5.41, 5.74) is 1.32. The molecule has 3 heteroatoms. The maximum atomic E-state index is 5.12. The SMILES string of the molecule is CCCCCCNCc1ccc(OC)cc1.Cl. The molecular formula is C14H24ClNO. The van der Waals surface area contributed by atoms with E-state index in [4.69, 9.17) is 4.74 Å². The van der Waals surface area contributed by atoms with Crippen molar-refractivity contribution in [2.45, 2.75) is 39.2 Å². The predicted molar refractivity (Wildman–Crippen MR) is 76.1 cm³/mol. The van der Waals surface area contributed by atoms with Gasteiger partial charge >= 0.3 is 0 Å². The van der Waals surface area contributed by atoms with Crippen molar-refractivity contribution in [1.82, 2.24) is 5.32 Å². The molecule has 2 nitrogen and oxygen atoms in total. The van der Waals surface area contributed by atoms with Crippen LogP contribution in [0.1, 0.15) is 38.2 Å². The van der Waals surface area contributed by atoms with E-state index in [-0.39, 0.29) is 12.4 Å². The molecule has 0 fully saturated rings. The van der Waals surface area contributed by atoms with Crippen molar-refractivity contribution in [1.29, 1.82) is 0 Å². The number of unbranched alkanes of at least 4 members (excludes halogenated alkanes) is 3. The second kappa shape index (κ2) is 10.4. The number of nitrogens with one attached hydrogen (secondary N) is 1. The lowest BCUT2D eigenvalue weighted by Gasteiger charge is -2.05. The average Bonchev–Trinajstić information content (AvgIpc) is 2.34. The summed E-state index contributed by atoms with van der Waals surface area (Å²) in [5.74, 6) is 0.923. The van der Waals surface area contributed by atoms with E-state index in [1.807, 2.05) is 12.1 Å². The van der Waals surface area contributed by atoms with Gasteiger partial charge in [0, 0.05) is 6.54 Å². The molecule has 98 valence electrons. The fourth-order valence-corrected chi connectivity index (χ4v) is 1.65. The van der Waals surface area contributed by atoms with Crippen LogP contribution in [0.4, 0.5) is 0 Å². The van der Waals surface area contributed by atoms with E-state index in [1.165, 1.54) is 31.2 Å². The summed E-state index contributed by atoms with van der Waals surface area (Å²) in [6.45, 7) is 4.31. The standard InChI is InChI=1S/C14H23NO.ClH/c1-3-4-5-6-11-15-12-13-7-9-14(16-2)10-8-13;/h7-10,15H,3-6,11-12H2,1-2H3;1H. The van der Waals surface area contributed by atoms with Gasteiger partial charge < -0.3 is 10.1 Å². The van der Waals surface area contributed by atoms with Crippen molar-refractivity contribution in [3.63, 3.8) is 0 Å². The molecule has 1 aromatic rings. The normalized spacial score (nSPS) is 9.76. The number of hydrogen-bond acceptors (Lipinski definition) is 2. The zero-order valence-electron chi connectivity index (χ0n) is 10.9. The second-order valence-electron chi connectivity index (χ2n) is 4.09. The molecule has 1 rings (SSSR count). The van der Waals surface area contributed by atoms with Gasteiger partial charge in [-0.05, 0) is 30.7 Å². The Labute approximate surface area is 111 Å². The monoisotopic (exact) mass is 257 g/mol. The lowest BCUT2D eigenvalue weighted by Crippen LogP contribution is -2.14. The molecule has 0 radical (unpaired) electrons. The molecule has 1 aromatic carbocycles. The van der Waals surface area contributed by atoms with Crippen molar-refractivity contribution in [3.8, 4) is 5.75 Å². The number of rotatable bonds is 8. The maximum absolute atomic E-state index is 5.12. The van der Waals surface area contributed by atoms with Gasteiger partial charge in [0.2, 0.25) is 0 Å². The van der Waals surface area contributed by atoms with Gasteiger partial charge in [0.25, 0.3) is 0 Å². The third-order valence-electron chi connectivity index (χ3n) is 2.70. The van der Waals surface area contributed by atoms with Crippen LogP contribution in [0, 0.1) is 0 Å². The molecule has 0 aliphatic rings. The van der Waals surface area contributed by atoms with Crippen LogP contribution in [-0.4, -0.2) is 13.7 Å². The maximum Gasteiger partial charge on any atom is 0.118 e. The van der Waals surface area contributed by atoms with E-state index in [9.17, 15) is 0 Å². The van der Waals surface area contributed by atoms with Gasteiger partial charge in [-0.25, -0.2) is 0 Å². The van der Waals surface area contributed by atoms with E-state index in [0.29, 0.717) is 0 Å².